The van der Waals surface area contributed by atoms with Gasteiger partial charge in [-0.15, -0.1) is 0 Å². The first-order valence-corrected chi connectivity index (χ1v) is 10.3. The molecule has 0 radical (unpaired) electrons. The summed E-state index contributed by atoms with van der Waals surface area (Å²) >= 11 is 0. The second kappa shape index (κ2) is 8.29. The molecule has 1 aromatic carbocycles. The minimum Gasteiger partial charge on any atom is -0.307 e. The van der Waals surface area contributed by atoms with Crippen molar-refractivity contribution in [3.63, 3.8) is 0 Å². The molecule has 1 atom stereocenters. The van der Waals surface area contributed by atoms with Gasteiger partial charge in [0.2, 0.25) is 0 Å². The Kier molecular flexibility index (Phi) is 5.58. The molecule has 0 spiro atoms. The number of benzene rings is 1. The van der Waals surface area contributed by atoms with Crippen LogP contribution in [0.5, 0.6) is 0 Å². The van der Waals surface area contributed by atoms with Gasteiger partial charge in [0.05, 0.1) is 5.69 Å². The molecule has 1 aliphatic rings. The average Bonchev–Trinajstić information content (AvgIpc) is 3.53. The smallest absolute Gasteiger partial charge is 0.251 e. The zero-order chi connectivity index (χ0) is 20.4. The zero-order valence-corrected chi connectivity index (χ0v) is 17.4. The van der Waals surface area contributed by atoms with Gasteiger partial charge in [0.25, 0.3) is 5.56 Å². The molecule has 0 saturated heterocycles. The lowest BCUT2D eigenvalue weighted by atomic mass is 10.1. The number of aryl methyl sites for hydroxylation is 1. The molecule has 1 unspecified atom stereocenters. The molecule has 2 aromatic heterocycles. The molecule has 0 aliphatic heterocycles. The molecular weight excluding hydrogens is 360 g/mol. The van der Waals surface area contributed by atoms with Crippen molar-refractivity contribution in [2.45, 2.75) is 51.6 Å². The number of H-pyrrole nitrogens is 1. The van der Waals surface area contributed by atoms with Gasteiger partial charge >= 0.3 is 0 Å². The van der Waals surface area contributed by atoms with Gasteiger partial charge in [0, 0.05) is 48.4 Å². The van der Waals surface area contributed by atoms with Crippen molar-refractivity contribution < 1.29 is 0 Å². The Labute approximate surface area is 171 Å². The lowest BCUT2D eigenvalue weighted by Crippen LogP contribution is -2.30. The Bertz CT molecular complexity index is 1040. The molecule has 1 aliphatic carbocycles. The largest absolute Gasteiger partial charge is 0.307 e. The number of aromatic amines is 1. The van der Waals surface area contributed by atoms with Crippen LogP contribution in [0.1, 0.15) is 48.2 Å². The van der Waals surface area contributed by atoms with Crippen molar-refractivity contribution in [2.75, 3.05) is 7.05 Å². The summed E-state index contributed by atoms with van der Waals surface area (Å²) in [5, 5.41) is 0. The van der Waals surface area contributed by atoms with Crippen LogP contribution in [0, 0.1) is 6.92 Å². The first-order valence-electron chi connectivity index (χ1n) is 10.3. The van der Waals surface area contributed by atoms with E-state index >= 15 is 0 Å². The van der Waals surface area contributed by atoms with Crippen LogP contribution in [-0.2, 0) is 13.0 Å². The monoisotopic (exact) mass is 388 g/mol. The summed E-state index contributed by atoms with van der Waals surface area (Å²) in [6, 6.07) is 14.5. The van der Waals surface area contributed by atoms with E-state index in [1.807, 2.05) is 24.4 Å². The van der Waals surface area contributed by atoms with Crippen LogP contribution < -0.4 is 5.56 Å². The SMILES string of the molecule is Cc1ccnc(CC(C)N(C)Cc2ccc(-c3nc(C4CC4)cc(=O)[nH]3)cc2)c1. The Morgan fingerprint density at radius 1 is 1.17 bits per heavy atom. The van der Waals surface area contributed by atoms with E-state index in [1.165, 1.54) is 11.1 Å². The predicted octanol–water partition coefficient (Wildman–Crippen LogP) is 4.08. The Morgan fingerprint density at radius 3 is 2.62 bits per heavy atom. The molecule has 1 N–H and O–H groups in total. The van der Waals surface area contributed by atoms with Crippen LogP contribution in [0.25, 0.3) is 11.4 Å². The second-order valence-electron chi connectivity index (χ2n) is 8.28. The highest BCUT2D eigenvalue weighted by atomic mass is 16.1. The van der Waals surface area contributed by atoms with E-state index < -0.39 is 0 Å². The van der Waals surface area contributed by atoms with Crippen molar-refractivity contribution in [3.05, 3.63) is 81.5 Å². The molecule has 1 fully saturated rings. The van der Waals surface area contributed by atoms with E-state index in [4.69, 9.17) is 0 Å². The van der Waals surface area contributed by atoms with E-state index in [2.05, 4.69) is 58.9 Å². The predicted molar refractivity (Wildman–Crippen MR) is 116 cm³/mol. The molecule has 0 amide bonds. The van der Waals surface area contributed by atoms with Gasteiger partial charge < -0.3 is 4.98 Å². The molecule has 2 heterocycles. The standard InChI is InChI=1S/C24H28N4O/c1-16-10-11-25-21(12-16)13-17(2)28(3)15-18-4-6-20(7-5-18)24-26-22(19-8-9-19)14-23(29)27-24/h4-7,10-12,14,17,19H,8-9,13,15H2,1-3H3,(H,26,27,29). The molecule has 5 nitrogen and oxygen atoms in total. The fourth-order valence-corrected chi connectivity index (χ4v) is 3.58. The van der Waals surface area contributed by atoms with Crippen LogP contribution in [0.15, 0.2) is 53.5 Å². The summed E-state index contributed by atoms with van der Waals surface area (Å²) < 4.78 is 0. The molecule has 29 heavy (non-hydrogen) atoms. The van der Waals surface area contributed by atoms with Crippen molar-refractivity contribution in [1.29, 1.82) is 0 Å². The zero-order valence-electron chi connectivity index (χ0n) is 17.4. The fraction of sp³-hybridized carbons (Fsp3) is 0.375. The van der Waals surface area contributed by atoms with Gasteiger partial charge in [-0.1, -0.05) is 24.3 Å². The summed E-state index contributed by atoms with van der Waals surface area (Å²) in [5.41, 5.74) is 5.42. The highest BCUT2D eigenvalue weighted by molar-refractivity contribution is 5.55. The second-order valence-corrected chi connectivity index (χ2v) is 8.28. The Balaban J connectivity index is 1.42. The van der Waals surface area contributed by atoms with Crippen LogP contribution >= 0.6 is 0 Å². The molecule has 3 aromatic rings. The number of aromatic nitrogens is 3. The van der Waals surface area contributed by atoms with Gasteiger partial charge in [-0.2, -0.15) is 0 Å². The average molecular weight is 389 g/mol. The van der Waals surface area contributed by atoms with Gasteiger partial charge in [-0.3, -0.25) is 14.7 Å². The van der Waals surface area contributed by atoms with Crippen LogP contribution in [0.4, 0.5) is 0 Å². The summed E-state index contributed by atoms with van der Waals surface area (Å²) in [4.78, 5) is 26.3. The molecule has 5 heteroatoms. The van der Waals surface area contributed by atoms with Crippen LogP contribution in [0.2, 0.25) is 0 Å². The topological polar surface area (TPSA) is 61.9 Å². The normalized spacial score (nSPS) is 14.9. The van der Waals surface area contributed by atoms with E-state index in [9.17, 15) is 4.79 Å². The molecular formula is C24H28N4O. The third-order valence-corrected chi connectivity index (χ3v) is 5.65. The Hall–Kier alpha value is -2.79. The van der Waals surface area contributed by atoms with Crippen molar-refractivity contribution in [2.24, 2.45) is 0 Å². The lowest BCUT2D eigenvalue weighted by Gasteiger charge is -2.24. The van der Waals surface area contributed by atoms with E-state index in [1.54, 1.807) is 6.07 Å². The molecule has 0 bridgehead atoms. The number of rotatable bonds is 7. The van der Waals surface area contributed by atoms with E-state index in [0.29, 0.717) is 17.8 Å². The summed E-state index contributed by atoms with van der Waals surface area (Å²) in [6.45, 7) is 5.19. The number of hydrogen-bond acceptors (Lipinski definition) is 4. The fourth-order valence-electron chi connectivity index (χ4n) is 3.58. The quantitative estimate of drug-likeness (QED) is 0.662. The maximum Gasteiger partial charge on any atom is 0.251 e. The number of nitrogens with zero attached hydrogens (tertiary/aromatic N) is 3. The van der Waals surface area contributed by atoms with Gasteiger partial charge in [0.15, 0.2) is 0 Å². The number of nitrogens with one attached hydrogen (secondary N) is 1. The number of pyridine rings is 1. The first-order chi connectivity index (χ1) is 14.0. The first kappa shape index (κ1) is 19.5. The highest BCUT2D eigenvalue weighted by Gasteiger charge is 2.25. The Morgan fingerprint density at radius 2 is 1.93 bits per heavy atom. The molecule has 4 rings (SSSR count). The summed E-state index contributed by atoms with van der Waals surface area (Å²) in [5.74, 6) is 1.13. The van der Waals surface area contributed by atoms with Gasteiger partial charge in [-0.25, -0.2) is 4.98 Å². The van der Waals surface area contributed by atoms with Gasteiger partial charge in [0.1, 0.15) is 5.82 Å². The minimum absolute atomic E-state index is 0.0701. The van der Waals surface area contributed by atoms with Crippen LogP contribution in [0.3, 0.4) is 0 Å². The third kappa shape index (κ3) is 4.98. The van der Waals surface area contributed by atoms with Crippen molar-refractivity contribution >= 4 is 0 Å². The van der Waals surface area contributed by atoms with Gasteiger partial charge in [-0.05, 0) is 57.0 Å². The maximum atomic E-state index is 12.0. The van der Waals surface area contributed by atoms with Crippen molar-refractivity contribution in [3.8, 4) is 11.4 Å². The summed E-state index contributed by atoms with van der Waals surface area (Å²) in [6.07, 6.45) is 5.08. The minimum atomic E-state index is -0.0701. The molecule has 1 saturated carbocycles. The van der Waals surface area contributed by atoms with E-state index in [-0.39, 0.29) is 5.56 Å². The van der Waals surface area contributed by atoms with Crippen molar-refractivity contribution in [1.82, 2.24) is 19.9 Å². The number of likely N-dealkylation sites (N-methyl/N-ethyl adjacent to an activating group) is 1. The lowest BCUT2D eigenvalue weighted by molar-refractivity contribution is 0.247. The summed E-state index contributed by atoms with van der Waals surface area (Å²) in [7, 11) is 2.15. The third-order valence-electron chi connectivity index (χ3n) is 5.65. The number of hydrogen-bond donors (Lipinski definition) is 1. The van der Waals surface area contributed by atoms with Crippen LogP contribution in [-0.4, -0.2) is 32.9 Å². The molecule has 150 valence electrons. The maximum absolute atomic E-state index is 12.0. The van der Waals surface area contributed by atoms with E-state index in [0.717, 1.165) is 42.8 Å². The highest BCUT2D eigenvalue weighted by Crippen LogP contribution is 2.38.